The zero-order chi connectivity index (χ0) is 17.5. The van der Waals surface area contributed by atoms with Crippen molar-refractivity contribution >= 4 is 29.4 Å². The number of carbonyl (C=O) groups excluding carboxylic acids is 1. The fraction of sp³-hybridized carbons (Fsp3) is 0.0667. The van der Waals surface area contributed by atoms with E-state index in [1.165, 1.54) is 12.1 Å². The van der Waals surface area contributed by atoms with Crippen molar-refractivity contribution in [2.75, 3.05) is 6.61 Å². The largest absolute Gasteiger partial charge is 0.502 e. The van der Waals surface area contributed by atoms with Crippen molar-refractivity contribution in [1.82, 2.24) is 5.43 Å². The van der Waals surface area contributed by atoms with Gasteiger partial charge in [-0.25, -0.2) is 5.43 Å². The number of rotatable bonds is 6. The standard InChI is InChI=1S/C15H12ClN3O5/c16-11-4-2-5-12(7-11)24-9-14(20)18-17-8-10-3-1-6-13(15(10)21)19(22)23/h1-8,21H,9H2,(H,18,20)/b17-8+. The van der Waals surface area contributed by atoms with Gasteiger partial charge in [0.15, 0.2) is 6.61 Å². The first-order chi connectivity index (χ1) is 11.5. The molecule has 0 spiro atoms. The fourth-order valence-corrected chi connectivity index (χ4v) is 1.89. The predicted octanol–water partition coefficient (Wildman–Crippen LogP) is 2.48. The molecule has 2 aromatic rings. The number of halogens is 1. The molecule has 0 aliphatic heterocycles. The summed E-state index contributed by atoms with van der Waals surface area (Å²) in [6.07, 6.45) is 1.10. The number of hydrogen-bond donors (Lipinski definition) is 2. The second kappa shape index (κ2) is 7.93. The van der Waals surface area contributed by atoms with Crippen molar-refractivity contribution in [2.45, 2.75) is 0 Å². The summed E-state index contributed by atoms with van der Waals surface area (Å²) in [6.45, 7) is -0.293. The predicted molar refractivity (Wildman–Crippen MR) is 87.4 cm³/mol. The summed E-state index contributed by atoms with van der Waals surface area (Å²) < 4.78 is 5.22. The van der Waals surface area contributed by atoms with Crippen LogP contribution in [0.1, 0.15) is 5.56 Å². The van der Waals surface area contributed by atoms with Gasteiger partial charge in [0, 0.05) is 16.7 Å². The van der Waals surface area contributed by atoms with Gasteiger partial charge in [-0.1, -0.05) is 23.7 Å². The molecule has 8 nitrogen and oxygen atoms in total. The van der Waals surface area contributed by atoms with Crippen molar-refractivity contribution < 1.29 is 19.6 Å². The second-order valence-electron chi connectivity index (χ2n) is 4.51. The van der Waals surface area contributed by atoms with Gasteiger partial charge in [0.2, 0.25) is 5.75 Å². The summed E-state index contributed by atoms with van der Waals surface area (Å²) in [6, 6.07) is 10.5. The lowest BCUT2D eigenvalue weighted by atomic mass is 10.2. The van der Waals surface area contributed by atoms with Crippen molar-refractivity contribution in [3.05, 3.63) is 63.2 Å². The molecule has 0 atom stereocenters. The van der Waals surface area contributed by atoms with Gasteiger partial charge in [-0.3, -0.25) is 14.9 Å². The number of aromatic hydroxyl groups is 1. The van der Waals surface area contributed by atoms with Gasteiger partial charge >= 0.3 is 5.69 Å². The van der Waals surface area contributed by atoms with Gasteiger partial charge < -0.3 is 9.84 Å². The van der Waals surface area contributed by atoms with Crippen LogP contribution in [0, 0.1) is 10.1 Å². The van der Waals surface area contributed by atoms with Crippen LogP contribution < -0.4 is 10.2 Å². The maximum atomic E-state index is 11.6. The third-order valence-electron chi connectivity index (χ3n) is 2.80. The molecule has 0 aliphatic carbocycles. The number of nitrogens with one attached hydrogen (secondary N) is 1. The minimum Gasteiger partial charge on any atom is -0.502 e. The van der Waals surface area contributed by atoms with Gasteiger partial charge in [-0.05, 0) is 24.3 Å². The highest BCUT2D eigenvalue weighted by molar-refractivity contribution is 6.30. The Labute approximate surface area is 141 Å². The molecule has 124 valence electrons. The lowest BCUT2D eigenvalue weighted by Crippen LogP contribution is -2.24. The summed E-state index contributed by atoms with van der Waals surface area (Å²) in [5.41, 5.74) is 1.83. The second-order valence-corrected chi connectivity index (χ2v) is 4.95. The van der Waals surface area contributed by atoms with Crippen LogP contribution in [0.3, 0.4) is 0 Å². The summed E-state index contributed by atoms with van der Waals surface area (Å²) in [5, 5.41) is 24.5. The maximum Gasteiger partial charge on any atom is 0.311 e. The topological polar surface area (TPSA) is 114 Å². The molecule has 2 rings (SSSR count). The van der Waals surface area contributed by atoms with Crippen LogP contribution in [0.25, 0.3) is 0 Å². The molecule has 0 saturated carbocycles. The number of ether oxygens (including phenoxy) is 1. The molecule has 0 radical (unpaired) electrons. The number of nitro benzene ring substituents is 1. The average Bonchev–Trinajstić information content (AvgIpc) is 2.54. The van der Waals surface area contributed by atoms with Gasteiger partial charge in [0.1, 0.15) is 5.75 Å². The Morgan fingerprint density at radius 1 is 1.38 bits per heavy atom. The third-order valence-corrected chi connectivity index (χ3v) is 3.04. The molecule has 24 heavy (non-hydrogen) atoms. The van der Waals surface area contributed by atoms with Gasteiger partial charge in [0.05, 0.1) is 11.1 Å². The quantitative estimate of drug-likeness (QED) is 0.472. The lowest BCUT2D eigenvalue weighted by molar-refractivity contribution is -0.385. The summed E-state index contributed by atoms with van der Waals surface area (Å²) >= 11 is 5.79. The van der Waals surface area contributed by atoms with Crippen LogP contribution in [0.2, 0.25) is 5.02 Å². The van der Waals surface area contributed by atoms with Crippen LogP contribution in [0.15, 0.2) is 47.6 Å². The number of benzene rings is 2. The highest BCUT2D eigenvalue weighted by Gasteiger charge is 2.15. The Balaban J connectivity index is 1.91. The smallest absolute Gasteiger partial charge is 0.311 e. The zero-order valence-corrected chi connectivity index (χ0v) is 12.9. The van der Waals surface area contributed by atoms with E-state index in [0.717, 1.165) is 12.3 Å². The van der Waals surface area contributed by atoms with E-state index in [-0.39, 0.29) is 12.2 Å². The average molecular weight is 350 g/mol. The number of hydrazone groups is 1. The number of nitrogens with zero attached hydrogens (tertiary/aromatic N) is 2. The van der Waals surface area contributed by atoms with E-state index in [4.69, 9.17) is 16.3 Å². The van der Waals surface area contributed by atoms with Gasteiger partial charge in [0.25, 0.3) is 5.91 Å². The van der Waals surface area contributed by atoms with Crippen molar-refractivity contribution in [1.29, 1.82) is 0 Å². The van der Waals surface area contributed by atoms with Crippen LogP contribution in [-0.4, -0.2) is 28.8 Å². The number of hydrogen-bond acceptors (Lipinski definition) is 6. The molecule has 0 aromatic heterocycles. The molecular formula is C15H12ClN3O5. The van der Waals surface area contributed by atoms with E-state index >= 15 is 0 Å². The first-order valence-corrected chi connectivity index (χ1v) is 7.02. The van der Waals surface area contributed by atoms with E-state index in [0.29, 0.717) is 10.8 Å². The van der Waals surface area contributed by atoms with Gasteiger partial charge in [-0.2, -0.15) is 5.10 Å². The molecule has 2 N–H and O–H groups in total. The Hall–Kier alpha value is -3.13. The summed E-state index contributed by atoms with van der Waals surface area (Å²) in [7, 11) is 0. The highest BCUT2D eigenvalue weighted by atomic mass is 35.5. The molecule has 0 bridgehead atoms. The third kappa shape index (κ3) is 4.68. The Kier molecular flexibility index (Phi) is 5.69. The molecule has 0 saturated heterocycles. The normalized spacial score (nSPS) is 10.5. The van der Waals surface area contributed by atoms with E-state index in [2.05, 4.69) is 10.5 Å². The molecule has 0 heterocycles. The number of amides is 1. The monoisotopic (exact) mass is 349 g/mol. The molecule has 0 unspecified atom stereocenters. The number of nitro groups is 1. The Bertz CT molecular complexity index is 794. The minimum absolute atomic E-state index is 0.0975. The SMILES string of the molecule is O=C(COc1cccc(Cl)c1)N/N=C/c1cccc([N+](=O)[O-])c1O. The molecule has 2 aromatic carbocycles. The van der Waals surface area contributed by atoms with Crippen molar-refractivity contribution in [2.24, 2.45) is 5.10 Å². The summed E-state index contributed by atoms with van der Waals surface area (Å²) in [4.78, 5) is 21.6. The van der Waals surface area contributed by atoms with E-state index in [1.54, 1.807) is 24.3 Å². The highest BCUT2D eigenvalue weighted by Crippen LogP contribution is 2.27. The van der Waals surface area contributed by atoms with Crippen molar-refractivity contribution in [3.8, 4) is 11.5 Å². The zero-order valence-electron chi connectivity index (χ0n) is 12.2. The maximum absolute atomic E-state index is 11.6. The molecular weight excluding hydrogens is 338 g/mol. The fourth-order valence-electron chi connectivity index (χ4n) is 1.71. The van der Waals surface area contributed by atoms with Gasteiger partial charge in [-0.15, -0.1) is 0 Å². The Morgan fingerprint density at radius 2 is 2.12 bits per heavy atom. The molecule has 1 amide bonds. The van der Waals surface area contributed by atoms with E-state index < -0.39 is 22.3 Å². The van der Waals surface area contributed by atoms with E-state index in [1.807, 2.05) is 0 Å². The first kappa shape index (κ1) is 17.2. The van der Waals surface area contributed by atoms with Crippen molar-refractivity contribution in [3.63, 3.8) is 0 Å². The van der Waals surface area contributed by atoms with E-state index in [9.17, 15) is 20.0 Å². The first-order valence-electron chi connectivity index (χ1n) is 6.64. The summed E-state index contributed by atoms with van der Waals surface area (Å²) in [5.74, 6) is -0.648. The number of phenols is 1. The van der Waals surface area contributed by atoms with Crippen LogP contribution in [0.5, 0.6) is 11.5 Å². The molecule has 0 aliphatic rings. The van der Waals surface area contributed by atoms with Crippen LogP contribution >= 0.6 is 11.6 Å². The number of para-hydroxylation sites is 1. The molecule has 0 fully saturated rings. The lowest BCUT2D eigenvalue weighted by Gasteiger charge is -2.05. The number of carbonyl (C=O) groups is 1. The van der Waals surface area contributed by atoms with Crippen LogP contribution in [-0.2, 0) is 4.79 Å². The minimum atomic E-state index is -0.718. The Morgan fingerprint density at radius 3 is 2.83 bits per heavy atom. The number of phenolic OH excluding ortho intramolecular Hbond substituents is 1. The molecule has 9 heteroatoms. The van der Waals surface area contributed by atoms with Crippen LogP contribution in [0.4, 0.5) is 5.69 Å².